The van der Waals surface area contributed by atoms with Gasteiger partial charge in [-0.3, -0.25) is 14.4 Å². The van der Waals surface area contributed by atoms with Crippen LogP contribution in [0.3, 0.4) is 0 Å². The summed E-state index contributed by atoms with van der Waals surface area (Å²) in [7, 11) is 0. The van der Waals surface area contributed by atoms with E-state index in [1.165, 1.54) is 13.0 Å². The van der Waals surface area contributed by atoms with Crippen molar-refractivity contribution in [3.8, 4) is 0 Å². The summed E-state index contributed by atoms with van der Waals surface area (Å²) >= 11 is 0. The van der Waals surface area contributed by atoms with Crippen molar-refractivity contribution in [1.29, 1.82) is 0 Å². The standard InChI is InChI=1S/C21H17NO3/c1-13(2)15-8-10-18(11-9-15)22-20(24)12-19(21(22)25)17-6-4-16(5-7-17)14(3)23/h4-12H,1H2,2-3H3. The quantitative estimate of drug-likeness (QED) is 0.631. The molecule has 4 heteroatoms. The second kappa shape index (κ2) is 6.32. The number of carbonyl (C=O) groups excluding carboxylic acids is 3. The maximum Gasteiger partial charge on any atom is 0.266 e. The molecule has 2 amide bonds. The van der Waals surface area contributed by atoms with Gasteiger partial charge in [-0.25, -0.2) is 4.90 Å². The van der Waals surface area contributed by atoms with Crippen LogP contribution < -0.4 is 4.90 Å². The van der Waals surface area contributed by atoms with Crippen LogP contribution in [0.25, 0.3) is 11.1 Å². The highest BCUT2D eigenvalue weighted by molar-refractivity contribution is 6.43. The van der Waals surface area contributed by atoms with Crippen molar-refractivity contribution in [3.05, 3.63) is 77.9 Å². The lowest BCUT2D eigenvalue weighted by atomic mass is 10.0. The van der Waals surface area contributed by atoms with E-state index >= 15 is 0 Å². The molecule has 0 atom stereocenters. The van der Waals surface area contributed by atoms with Gasteiger partial charge in [0.1, 0.15) is 0 Å². The fraction of sp³-hybridized carbons (Fsp3) is 0.0952. The molecule has 1 aliphatic heterocycles. The van der Waals surface area contributed by atoms with Gasteiger partial charge < -0.3 is 0 Å². The first-order chi connectivity index (χ1) is 11.9. The second-order valence-corrected chi connectivity index (χ2v) is 6.00. The van der Waals surface area contributed by atoms with Crippen molar-refractivity contribution in [3.63, 3.8) is 0 Å². The average molecular weight is 331 g/mol. The number of rotatable bonds is 4. The molecule has 4 nitrogen and oxygen atoms in total. The summed E-state index contributed by atoms with van der Waals surface area (Å²) in [5.74, 6) is -0.795. The van der Waals surface area contributed by atoms with Gasteiger partial charge in [0.15, 0.2) is 5.78 Å². The summed E-state index contributed by atoms with van der Waals surface area (Å²) in [6.07, 6.45) is 1.33. The third-order valence-corrected chi connectivity index (χ3v) is 4.14. The smallest absolute Gasteiger partial charge is 0.266 e. The van der Waals surface area contributed by atoms with Crippen molar-refractivity contribution < 1.29 is 14.4 Å². The van der Waals surface area contributed by atoms with Gasteiger partial charge in [0.25, 0.3) is 11.8 Å². The number of allylic oxidation sites excluding steroid dienone is 1. The molecule has 124 valence electrons. The zero-order valence-electron chi connectivity index (χ0n) is 14.1. The number of imide groups is 1. The van der Waals surface area contributed by atoms with Gasteiger partial charge in [0.05, 0.1) is 11.3 Å². The largest absolute Gasteiger partial charge is 0.295 e. The van der Waals surface area contributed by atoms with Gasteiger partial charge in [-0.2, -0.15) is 0 Å². The topological polar surface area (TPSA) is 54.5 Å². The Labute approximate surface area is 146 Å². The third kappa shape index (κ3) is 3.06. The number of hydrogen-bond donors (Lipinski definition) is 0. The Morgan fingerprint density at radius 1 is 0.880 bits per heavy atom. The van der Waals surface area contributed by atoms with Crippen molar-refractivity contribution in [1.82, 2.24) is 0 Å². The molecule has 2 aromatic rings. The molecule has 0 spiro atoms. The average Bonchev–Trinajstić information content (AvgIpc) is 2.89. The third-order valence-electron chi connectivity index (χ3n) is 4.14. The number of carbonyl (C=O) groups is 3. The highest BCUT2D eigenvalue weighted by Crippen LogP contribution is 2.29. The minimum absolute atomic E-state index is 0.0476. The lowest BCUT2D eigenvalue weighted by Gasteiger charge is -2.15. The molecule has 0 aliphatic carbocycles. The summed E-state index contributed by atoms with van der Waals surface area (Å²) < 4.78 is 0. The maximum atomic E-state index is 12.7. The minimum atomic E-state index is -0.376. The Kier molecular flexibility index (Phi) is 4.19. The molecule has 1 heterocycles. The van der Waals surface area contributed by atoms with Crippen molar-refractivity contribution in [2.75, 3.05) is 4.90 Å². The number of amides is 2. The van der Waals surface area contributed by atoms with E-state index in [-0.39, 0.29) is 17.6 Å². The molecule has 1 aliphatic rings. The van der Waals surface area contributed by atoms with Crippen LogP contribution in [0.2, 0.25) is 0 Å². The first-order valence-corrected chi connectivity index (χ1v) is 7.86. The predicted octanol–water partition coefficient (Wildman–Crippen LogP) is 3.88. The van der Waals surface area contributed by atoms with Gasteiger partial charge in [0, 0.05) is 11.6 Å². The van der Waals surface area contributed by atoms with Crippen LogP contribution in [0.1, 0.15) is 35.3 Å². The summed E-state index contributed by atoms with van der Waals surface area (Å²) in [6, 6.07) is 13.8. The predicted molar refractivity (Wildman–Crippen MR) is 98.1 cm³/mol. The van der Waals surface area contributed by atoms with Gasteiger partial charge >= 0.3 is 0 Å². The molecule has 25 heavy (non-hydrogen) atoms. The molecule has 0 bridgehead atoms. The molecule has 0 N–H and O–H groups in total. The van der Waals surface area contributed by atoms with Crippen LogP contribution >= 0.6 is 0 Å². The second-order valence-electron chi connectivity index (χ2n) is 6.00. The number of ketones is 1. The van der Waals surface area contributed by atoms with E-state index in [2.05, 4.69) is 6.58 Å². The summed E-state index contributed by atoms with van der Waals surface area (Å²) in [5, 5.41) is 0. The fourth-order valence-electron chi connectivity index (χ4n) is 2.70. The van der Waals surface area contributed by atoms with Crippen molar-refractivity contribution in [2.24, 2.45) is 0 Å². The van der Waals surface area contributed by atoms with Crippen LogP contribution in [0, 0.1) is 0 Å². The summed E-state index contributed by atoms with van der Waals surface area (Å²) in [4.78, 5) is 37.5. The van der Waals surface area contributed by atoms with E-state index < -0.39 is 0 Å². The number of Topliss-reactive ketones (excluding diaryl/α,β-unsaturated/α-hetero) is 1. The number of anilines is 1. The minimum Gasteiger partial charge on any atom is -0.295 e. The van der Waals surface area contributed by atoms with E-state index in [1.54, 1.807) is 36.4 Å². The van der Waals surface area contributed by atoms with Crippen molar-refractivity contribution in [2.45, 2.75) is 13.8 Å². The monoisotopic (exact) mass is 331 g/mol. The molecular formula is C21H17NO3. The molecule has 0 saturated carbocycles. The SMILES string of the molecule is C=C(C)c1ccc(N2C(=O)C=C(c3ccc(C(C)=O)cc3)C2=O)cc1. The zero-order valence-corrected chi connectivity index (χ0v) is 14.1. The molecule has 0 aromatic heterocycles. The fourth-order valence-corrected chi connectivity index (χ4v) is 2.70. The van der Waals surface area contributed by atoms with E-state index in [0.29, 0.717) is 22.4 Å². The summed E-state index contributed by atoms with van der Waals surface area (Å²) in [5.41, 5.74) is 3.89. The van der Waals surface area contributed by atoms with Gasteiger partial charge in [-0.1, -0.05) is 48.6 Å². The normalized spacial score (nSPS) is 13.8. The Hall–Kier alpha value is -3.27. The van der Waals surface area contributed by atoms with Gasteiger partial charge in [-0.15, -0.1) is 0 Å². The van der Waals surface area contributed by atoms with Gasteiger partial charge in [-0.05, 0) is 37.1 Å². The molecular weight excluding hydrogens is 314 g/mol. The number of nitrogens with zero attached hydrogens (tertiary/aromatic N) is 1. The van der Waals surface area contributed by atoms with Crippen molar-refractivity contribution >= 4 is 34.4 Å². The molecule has 3 rings (SSSR count). The first kappa shape index (κ1) is 16.6. The highest BCUT2D eigenvalue weighted by Gasteiger charge is 2.33. The van der Waals surface area contributed by atoms with E-state index in [0.717, 1.165) is 16.0 Å². The molecule has 0 saturated heterocycles. The summed E-state index contributed by atoms with van der Waals surface area (Å²) in [6.45, 7) is 7.25. The van der Waals surface area contributed by atoms with E-state index in [1.807, 2.05) is 19.1 Å². The molecule has 0 unspecified atom stereocenters. The van der Waals surface area contributed by atoms with Gasteiger partial charge in [0.2, 0.25) is 0 Å². The van der Waals surface area contributed by atoms with E-state index in [9.17, 15) is 14.4 Å². The van der Waals surface area contributed by atoms with Crippen LogP contribution in [-0.2, 0) is 9.59 Å². The molecule has 2 aromatic carbocycles. The number of hydrogen-bond acceptors (Lipinski definition) is 3. The van der Waals surface area contributed by atoms with Crippen LogP contribution in [-0.4, -0.2) is 17.6 Å². The van der Waals surface area contributed by atoms with Crippen LogP contribution in [0.5, 0.6) is 0 Å². The Morgan fingerprint density at radius 2 is 1.44 bits per heavy atom. The molecule has 0 radical (unpaired) electrons. The molecule has 0 fully saturated rings. The van der Waals surface area contributed by atoms with Crippen LogP contribution in [0.4, 0.5) is 5.69 Å². The maximum absolute atomic E-state index is 12.7. The zero-order chi connectivity index (χ0) is 18.1. The highest BCUT2D eigenvalue weighted by atomic mass is 16.2. The lowest BCUT2D eigenvalue weighted by molar-refractivity contribution is -0.119. The van der Waals surface area contributed by atoms with Crippen LogP contribution in [0.15, 0.2) is 61.2 Å². The number of benzene rings is 2. The first-order valence-electron chi connectivity index (χ1n) is 7.86. The Bertz CT molecular complexity index is 919. The Morgan fingerprint density at radius 3 is 1.96 bits per heavy atom. The lowest BCUT2D eigenvalue weighted by Crippen LogP contribution is -2.30. The van der Waals surface area contributed by atoms with E-state index in [4.69, 9.17) is 0 Å². The Balaban J connectivity index is 1.89.